The van der Waals surface area contributed by atoms with E-state index in [2.05, 4.69) is 38.7 Å². The SMILES string of the molecule is C/C=C\CB1C2CCCC(CCC2)[C@H]1[Si](C)(C)C. The number of allylic oxidation sites excluding steroid dienone is 2. The monoisotopic (exact) mass is 262 g/mol. The maximum atomic E-state index is 2.63. The minimum absolute atomic E-state index is 1.02. The third-order valence-corrected chi connectivity index (χ3v) is 8.42. The highest BCUT2D eigenvalue weighted by Gasteiger charge is 2.46. The van der Waals surface area contributed by atoms with E-state index in [1.54, 1.807) is 0 Å². The van der Waals surface area contributed by atoms with Gasteiger partial charge in [-0.2, -0.15) is 0 Å². The average Bonchev–Trinajstić information content (AvgIpc) is 2.52. The molecule has 2 aliphatic rings. The van der Waals surface area contributed by atoms with Gasteiger partial charge in [0.05, 0.1) is 0 Å². The second-order valence-electron chi connectivity index (χ2n) is 7.74. The molecule has 0 aromatic heterocycles. The molecule has 0 unspecified atom stereocenters. The lowest BCUT2D eigenvalue weighted by atomic mass is 9.35. The van der Waals surface area contributed by atoms with Gasteiger partial charge in [-0.25, -0.2) is 0 Å². The third kappa shape index (κ3) is 3.12. The van der Waals surface area contributed by atoms with Crippen LogP contribution in [0.3, 0.4) is 0 Å². The molecule has 2 heteroatoms. The number of fused-ring (bicyclic) bond motifs is 3. The van der Waals surface area contributed by atoms with E-state index in [9.17, 15) is 0 Å². The van der Waals surface area contributed by atoms with E-state index in [0.29, 0.717) is 0 Å². The van der Waals surface area contributed by atoms with E-state index in [1.807, 2.05) is 0 Å². The highest BCUT2D eigenvalue weighted by atomic mass is 28.3. The van der Waals surface area contributed by atoms with Crippen molar-refractivity contribution in [3.8, 4) is 0 Å². The van der Waals surface area contributed by atoms with E-state index < -0.39 is 8.07 Å². The summed E-state index contributed by atoms with van der Waals surface area (Å²) in [5.74, 6) is 2.12. The fourth-order valence-corrected chi connectivity index (χ4v) is 8.43. The van der Waals surface area contributed by atoms with Gasteiger partial charge in [0, 0.05) is 8.07 Å². The number of hydrogen-bond acceptors (Lipinski definition) is 0. The van der Waals surface area contributed by atoms with Crippen molar-refractivity contribution in [2.75, 3.05) is 0 Å². The van der Waals surface area contributed by atoms with Crippen LogP contribution < -0.4 is 0 Å². The summed E-state index contributed by atoms with van der Waals surface area (Å²) in [5, 5.41) is 0. The summed E-state index contributed by atoms with van der Waals surface area (Å²) in [6, 6.07) is 0. The van der Waals surface area contributed by atoms with Crippen LogP contribution in [0.15, 0.2) is 12.2 Å². The number of rotatable bonds is 3. The minimum Gasteiger partial charge on any atom is -0.0960 e. The van der Waals surface area contributed by atoms with Crippen LogP contribution >= 0.6 is 0 Å². The first-order chi connectivity index (χ1) is 8.54. The molecule has 2 heterocycles. The van der Waals surface area contributed by atoms with Gasteiger partial charge in [0.25, 0.3) is 0 Å². The molecule has 0 radical (unpaired) electrons. The van der Waals surface area contributed by atoms with Gasteiger partial charge in [-0.05, 0) is 12.8 Å². The molecule has 2 aliphatic heterocycles. The zero-order valence-corrected chi connectivity index (χ0v) is 13.9. The molecule has 0 aromatic carbocycles. The summed E-state index contributed by atoms with van der Waals surface area (Å²) in [4.78, 5) is 0. The van der Waals surface area contributed by atoms with Crippen molar-refractivity contribution in [3.63, 3.8) is 0 Å². The summed E-state index contributed by atoms with van der Waals surface area (Å²) in [6.07, 6.45) is 15.3. The molecule has 2 fully saturated rings. The van der Waals surface area contributed by atoms with Crippen molar-refractivity contribution in [2.45, 2.75) is 82.7 Å². The molecule has 2 bridgehead atoms. The fourth-order valence-electron chi connectivity index (χ4n) is 4.98. The van der Waals surface area contributed by atoms with Crippen LogP contribution in [0.4, 0.5) is 0 Å². The molecular formula is C16H31BSi. The smallest absolute Gasteiger partial charge is 0.0960 e. The molecule has 102 valence electrons. The Morgan fingerprint density at radius 1 is 1.06 bits per heavy atom. The maximum absolute atomic E-state index is 2.63. The molecular weight excluding hydrogens is 231 g/mol. The lowest BCUT2D eigenvalue weighted by Gasteiger charge is -2.39. The lowest BCUT2D eigenvalue weighted by Crippen LogP contribution is -2.43. The van der Waals surface area contributed by atoms with Crippen molar-refractivity contribution < 1.29 is 0 Å². The van der Waals surface area contributed by atoms with E-state index in [4.69, 9.17) is 0 Å². The van der Waals surface area contributed by atoms with Crippen LogP contribution in [-0.2, 0) is 0 Å². The van der Waals surface area contributed by atoms with Crippen LogP contribution in [0.1, 0.15) is 45.4 Å². The average molecular weight is 262 g/mol. The topological polar surface area (TPSA) is 0 Å². The molecule has 0 N–H and O–H groups in total. The molecule has 0 aliphatic carbocycles. The Hall–Kier alpha value is 0.0218. The van der Waals surface area contributed by atoms with Crippen LogP contribution in [0.2, 0.25) is 37.2 Å². The first kappa shape index (κ1) is 14.4. The minimum atomic E-state index is -1.02. The van der Waals surface area contributed by atoms with Crippen molar-refractivity contribution in [1.82, 2.24) is 0 Å². The van der Waals surface area contributed by atoms with Gasteiger partial charge < -0.3 is 0 Å². The van der Waals surface area contributed by atoms with E-state index in [0.717, 1.165) is 23.9 Å². The molecule has 0 spiro atoms. The van der Waals surface area contributed by atoms with Crippen molar-refractivity contribution in [2.24, 2.45) is 5.92 Å². The molecule has 2 saturated heterocycles. The van der Waals surface area contributed by atoms with E-state index in [-0.39, 0.29) is 0 Å². The summed E-state index contributed by atoms with van der Waals surface area (Å²) in [6.45, 7) is 11.1. The highest BCUT2D eigenvalue weighted by molar-refractivity contribution is 6.90. The van der Waals surface area contributed by atoms with Gasteiger partial charge >= 0.3 is 0 Å². The predicted octanol–water partition coefficient (Wildman–Crippen LogP) is 5.66. The zero-order chi connectivity index (χ0) is 13.2. The summed E-state index contributed by atoms with van der Waals surface area (Å²) in [5.41, 5.74) is 1.09. The molecule has 18 heavy (non-hydrogen) atoms. The predicted molar refractivity (Wildman–Crippen MR) is 87.4 cm³/mol. The van der Waals surface area contributed by atoms with Gasteiger partial charge in [-0.15, -0.1) is 0 Å². The molecule has 0 aromatic rings. The standard InChI is InChI=1S/C16H31BSi/c1-5-6-13-17-15-11-7-9-14(10-8-12-15)16(17)18(2,3)4/h5-6,14-16H,7-13H2,1-4H3/b6-5-/t14?,15?,16-/m1/s1. The summed E-state index contributed by atoms with van der Waals surface area (Å²) in [7, 11) is -1.02. The second kappa shape index (κ2) is 5.98. The molecule has 2 rings (SSSR count). The number of hydrogen-bond donors (Lipinski definition) is 0. The molecule has 0 amide bonds. The van der Waals surface area contributed by atoms with Gasteiger partial charge in [-0.1, -0.05) is 87.9 Å². The fraction of sp³-hybridized carbons (Fsp3) is 0.875. The Balaban J connectivity index is 2.28. The highest BCUT2D eigenvalue weighted by Crippen LogP contribution is 2.51. The van der Waals surface area contributed by atoms with Crippen LogP contribution in [0.5, 0.6) is 0 Å². The van der Waals surface area contributed by atoms with Crippen LogP contribution in [0.25, 0.3) is 0 Å². The summed E-state index contributed by atoms with van der Waals surface area (Å²) < 4.78 is 0. The van der Waals surface area contributed by atoms with Crippen molar-refractivity contribution >= 4 is 14.8 Å². The normalized spacial score (nSPS) is 33.8. The molecule has 0 saturated carbocycles. The van der Waals surface area contributed by atoms with Gasteiger partial charge in [-0.3, -0.25) is 0 Å². The van der Waals surface area contributed by atoms with Gasteiger partial charge in [0.2, 0.25) is 0 Å². The first-order valence-corrected chi connectivity index (χ1v) is 11.7. The van der Waals surface area contributed by atoms with Gasteiger partial charge in [0.1, 0.15) is 6.71 Å². The Kier molecular flexibility index (Phi) is 4.80. The largest absolute Gasteiger partial charge is 0.147 e. The van der Waals surface area contributed by atoms with E-state index in [1.165, 1.54) is 44.8 Å². The Morgan fingerprint density at radius 3 is 2.17 bits per heavy atom. The molecule has 0 nitrogen and oxygen atoms in total. The van der Waals surface area contributed by atoms with Crippen LogP contribution in [0, 0.1) is 5.92 Å². The summed E-state index contributed by atoms with van der Waals surface area (Å²) >= 11 is 0. The second-order valence-corrected chi connectivity index (χ2v) is 13.1. The zero-order valence-electron chi connectivity index (χ0n) is 12.9. The Labute approximate surface area is 116 Å². The third-order valence-electron chi connectivity index (χ3n) is 5.52. The van der Waals surface area contributed by atoms with Crippen LogP contribution in [-0.4, -0.2) is 14.8 Å². The maximum Gasteiger partial charge on any atom is 0.147 e. The first-order valence-electron chi connectivity index (χ1n) is 8.15. The van der Waals surface area contributed by atoms with Crippen molar-refractivity contribution in [1.29, 1.82) is 0 Å². The Bertz CT molecular complexity index is 282. The molecule has 1 atom stereocenters. The Morgan fingerprint density at radius 2 is 1.67 bits per heavy atom. The van der Waals surface area contributed by atoms with Gasteiger partial charge in [0.15, 0.2) is 0 Å². The quantitative estimate of drug-likeness (QED) is 0.455. The van der Waals surface area contributed by atoms with E-state index >= 15 is 0 Å². The lowest BCUT2D eigenvalue weighted by molar-refractivity contribution is 0.411. The van der Waals surface area contributed by atoms with Crippen molar-refractivity contribution in [3.05, 3.63) is 12.2 Å².